The smallest absolute Gasteiger partial charge is 0.234 e. The van der Waals surface area contributed by atoms with E-state index in [0.717, 1.165) is 46.1 Å². The zero-order valence-electron chi connectivity index (χ0n) is 15.9. The molecule has 1 amide bonds. The van der Waals surface area contributed by atoms with Gasteiger partial charge < -0.3 is 14.5 Å². The Morgan fingerprint density at radius 1 is 1.21 bits per heavy atom. The molecule has 0 spiro atoms. The number of methoxy groups -OCH3 is 1. The van der Waals surface area contributed by atoms with Gasteiger partial charge in [0.15, 0.2) is 5.58 Å². The third-order valence-corrected chi connectivity index (χ3v) is 5.35. The molecule has 144 valence electrons. The van der Waals surface area contributed by atoms with Crippen molar-refractivity contribution in [2.75, 3.05) is 18.2 Å². The van der Waals surface area contributed by atoms with Crippen LogP contribution in [-0.4, -0.2) is 33.4 Å². The molecule has 0 aliphatic rings. The van der Waals surface area contributed by atoms with Gasteiger partial charge in [0.2, 0.25) is 5.91 Å². The van der Waals surface area contributed by atoms with Crippen LogP contribution in [0.25, 0.3) is 16.6 Å². The summed E-state index contributed by atoms with van der Waals surface area (Å²) in [5, 5.41) is 12.2. The lowest BCUT2D eigenvalue weighted by Gasteiger charge is -2.08. The number of amides is 1. The van der Waals surface area contributed by atoms with Crippen molar-refractivity contribution in [1.29, 1.82) is 0 Å². The van der Waals surface area contributed by atoms with E-state index in [1.165, 1.54) is 11.8 Å². The molecule has 0 atom stereocenters. The van der Waals surface area contributed by atoms with Gasteiger partial charge in [0, 0.05) is 24.2 Å². The Hall–Kier alpha value is -3.00. The van der Waals surface area contributed by atoms with Gasteiger partial charge in [-0.05, 0) is 31.2 Å². The van der Waals surface area contributed by atoms with Crippen molar-refractivity contribution in [3.05, 3.63) is 48.0 Å². The fourth-order valence-electron chi connectivity index (χ4n) is 3.09. The summed E-state index contributed by atoms with van der Waals surface area (Å²) in [5.74, 6) is 2.58. The molecule has 0 aliphatic carbocycles. The molecular formula is C20H20N4O3S. The lowest BCUT2D eigenvalue weighted by molar-refractivity contribution is -0.113. The molecular weight excluding hydrogens is 376 g/mol. The molecule has 0 unspecified atom stereocenters. The largest absolute Gasteiger partial charge is 0.497 e. The third kappa shape index (κ3) is 3.43. The van der Waals surface area contributed by atoms with Gasteiger partial charge in [-0.15, -0.1) is 10.2 Å². The van der Waals surface area contributed by atoms with Crippen LogP contribution < -0.4 is 10.1 Å². The Bertz CT molecular complexity index is 1150. The average molecular weight is 396 g/mol. The highest BCUT2D eigenvalue weighted by Gasteiger charge is 2.16. The highest BCUT2D eigenvalue weighted by Crippen LogP contribution is 2.30. The number of hydrogen-bond donors (Lipinski definition) is 1. The van der Waals surface area contributed by atoms with Gasteiger partial charge in [0.05, 0.1) is 23.9 Å². The van der Waals surface area contributed by atoms with Crippen LogP contribution in [0.5, 0.6) is 5.75 Å². The van der Waals surface area contributed by atoms with Gasteiger partial charge >= 0.3 is 0 Å². The highest BCUT2D eigenvalue weighted by molar-refractivity contribution is 8.00. The van der Waals surface area contributed by atoms with E-state index in [1.54, 1.807) is 31.4 Å². The third-order valence-electron chi connectivity index (χ3n) is 4.38. The first-order valence-corrected chi connectivity index (χ1v) is 9.91. The number of nitrogens with one attached hydrogen (secondary N) is 1. The van der Waals surface area contributed by atoms with Gasteiger partial charge in [0.1, 0.15) is 22.4 Å². The number of nitrogens with zero attached hydrogens (tertiary/aromatic N) is 3. The minimum atomic E-state index is -0.110. The van der Waals surface area contributed by atoms with Crippen LogP contribution >= 0.6 is 11.8 Å². The zero-order chi connectivity index (χ0) is 19.7. The topological polar surface area (TPSA) is 81.7 Å². The summed E-state index contributed by atoms with van der Waals surface area (Å²) in [7, 11) is 1.61. The molecule has 1 N–H and O–H groups in total. The Morgan fingerprint density at radius 2 is 2.00 bits per heavy atom. The zero-order valence-corrected chi connectivity index (χ0v) is 16.7. The van der Waals surface area contributed by atoms with Crippen molar-refractivity contribution in [3.8, 4) is 5.75 Å². The molecule has 4 rings (SSSR count). The van der Waals surface area contributed by atoms with Crippen molar-refractivity contribution in [1.82, 2.24) is 14.6 Å². The molecule has 1 aromatic carbocycles. The number of aryl methyl sites for hydroxylation is 2. The number of furan rings is 1. The quantitative estimate of drug-likeness (QED) is 0.495. The first-order chi connectivity index (χ1) is 13.6. The molecule has 0 saturated carbocycles. The van der Waals surface area contributed by atoms with E-state index in [9.17, 15) is 4.79 Å². The van der Waals surface area contributed by atoms with Gasteiger partial charge in [-0.25, -0.2) is 0 Å². The molecule has 7 nitrogen and oxygen atoms in total. The van der Waals surface area contributed by atoms with Crippen LogP contribution in [-0.2, 0) is 11.2 Å². The lowest BCUT2D eigenvalue weighted by atomic mass is 10.3. The Morgan fingerprint density at radius 3 is 2.71 bits per heavy atom. The number of hydrogen-bond acceptors (Lipinski definition) is 6. The van der Waals surface area contributed by atoms with E-state index < -0.39 is 0 Å². The number of thioether (sulfide) groups is 1. The fourth-order valence-corrected chi connectivity index (χ4v) is 3.82. The predicted molar refractivity (Wildman–Crippen MR) is 109 cm³/mol. The number of rotatable bonds is 6. The number of ether oxygens (including phenoxy) is 1. The summed E-state index contributed by atoms with van der Waals surface area (Å²) in [6.45, 7) is 3.96. The minimum Gasteiger partial charge on any atom is -0.497 e. The van der Waals surface area contributed by atoms with Gasteiger partial charge in [-0.2, -0.15) is 0 Å². The normalized spacial score (nSPS) is 11.2. The van der Waals surface area contributed by atoms with Crippen molar-refractivity contribution >= 4 is 40.0 Å². The van der Waals surface area contributed by atoms with Crippen LogP contribution in [0.2, 0.25) is 0 Å². The summed E-state index contributed by atoms with van der Waals surface area (Å²) in [6, 6.07) is 11.2. The maximum absolute atomic E-state index is 12.3. The SMILES string of the molecule is CCc1nnc(SCC(=O)Nc2ccc(OC)cc2)c2cc3oc(C)cc3n12. The summed E-state index contributed by atoms with van der Waals surface area (Å²) in [4.78, 5) is 12.3. The Labute approximate surface area is 166 Å². The monoisotopic (exact) mass is 396 g/mol. The van der Waals surface area contributed by atoms with Crippen LogP contribution in [0.1, 0.15) is 18.5 Å². The van der Waals surface area contributed by atoms with E-state index in [1.807, 2.05) is 26.0 Å². The predicted octanol–water partition coefficient (Wildman–Crippen LogP) is 4.09. The second-order valence-electron chi connectivity index (χ2n) is 6.31. The average Bonchev–Trinajstić information content (AvgIpc) is 3.23. The van der Waals surface area contributed by atoms with Crippen molar-refractivity contribution in [2.24, 2.45) is 0 Å². The number of fused-ring (bicyclic) bond motifs is 3. The number of aromatic nitrogens is 3. The second-order valence-corrected chi connectivity index (χ2v) is 7.28. The fraction of sp³-hybridized carbons (Fsp3) is 0.250. The molecule has 0 fully saturated rings. The maximum Gasteiger partial charge on any atom is 0.234 e. The molecule has 0 radical (unpaired) electrons. The van der Waals surface area contributed by atoms with Crippen LogP contribution in [0.4, 0.5) is 5.69 Å². The Kier molecular flexibility index (Phi) is 4.95. The van der Waals surface area contributed by atoms with E-state index in [-0.39, 0.29) is 11.7 Å². The first-order valence-electron chi connectivity index (χ1n) is 8.93. The summed E-state index contributed by atoms with van der Waals surface area (Å²) >= 11 is 1.35. The number of anilines is 1. The van der Waals surface area contributed by atoms with Crippen LogP contribution in [0, 0.1) is 6.92 Å². The number of carbonyl (C=O) groups is 1. The summed E-state index contributed by atoms with van der Waals surface area (Å²) < 4.78 is 12.9. The van der Waals surface area contributed by atoms with E-state index in [4.69, 9.17) is 9.15 Å². The molecule has 0 aliphatic heterocycles. The Balaban J connectivity index is 1.54. The highest BCUT2D eigenvalue weighted by atomic mass is 32.2. The lowest BCUT2D eigenvalue weighted by Crippen LogP contribution is -2.14. The van der Waals surface area contributed by atoms with Crippen molar-refractivity contribution < 1.29 is 13.9 Å². The summed E-state index contributed by atoms with van der Waals surface area (Å²) in [6.07, 6.45) is 0.750. The van der Waals surface area contributed by atoms with E-state index in [0.29, 0.717) is 5.03 Å². The van der Waals surface area contributed by atoms with Crippen LogP contribution in [0.15, 0.2) is 45.8 Å². The van der Waals surface area contributed by atoms with Crippen molar-refractivity contribution in [3.63, 3.8) is 0 Å². The van der Waals surface area contributed by atoms with Crippen LogP contribution in [0.3, 0.4) is 0 Å². The molecule has 3 aromatic heterocycles. The van der Waals surface area contributed by atoms with E-state index >= 15 is 0 Å². The minimum absolute atomic E-state index is 0.110. The number of benzene rings is 1. The van der Waals surface area contributed by atoms with Crippen molar-refractivity contribution in [2.45, 2.75) is 25.3 Å². The first kappa shape index (κ1) is 18.4. The van der Waals surface area contributed by atoms with Gasteiger partial charge in [-0.1, -0.05) is 18.7 Å². The second kappa shape index (κ2) is 7.55. The molecule has 0 saturated heterocycles. The molecule has 8 heteroatoms. The summed E-state index contributed by atoms with van der Waals surface area (Å²) in [5.41, 5.74) is 3.40. The van der Waals surface area contributed by atoms with E-state index in [2.05, 4.69) is 19.9 Å². The number of carbonyl (C=O) groups excluding carboxylic acids is 1. The maximum atomic E-state index is 12.3. The molecule has 0 bridgehead atoms. The molecule has 4 aromatic rings. The molecule has 3 heterocycles. The van der Waals surface area contributed by atoms with Gasteiger partial charge in [-0.3, -0.25) is 9.20 Å². The molecule has 28 heavy (non-hydrogen) atoms. The standard InChI is InChI=1S/C20H20N4O3S/c1-4-18-22-23-20(16-10-17-15(24(16)18)9-12(2)27-17)28-11-19(25)21-13-5-7-14(26-3)8-6-13/h5-10H,4,11H2,1-3H3,(H,21,25). The van der Waals surface area contributed by atoms with Gasteiger partial charge in [0.25, 0.3) is 0 Å².